The molecule has 7 rings (SSSR count). The maximum atomic E-state index is 6.68. The summed E-state index contributed by atoms with van der Waals surface area (Å²) in [5.41, 5.74) is 6.62. The standard InChI is InChI=1S/C28H23ClN4O4/c1-15-30-27(33-37-15)19-8-4-17(5-9-19)16-2-6-18(7-3-16)20-12-22-23(13-21(20)29)32-28(31-22)36-25-14-35-24-10-11-34-26(24)25/h2-9,12-13,24-26H,10-11,14H2,1H3,(H,31,32)/t24-,25?,26+/m1/s1. The summed E-state index contributed by atoms with van der Waals surface area (Å²) in [4.78, 5) is 12.2. The van der Waals surface area contributed by atoms with E-state index in [1.807, 2.05) is 24.3 Å². The number of nitrogens with zero attached hydrogens (tertiary/aromatic N) is 3. The minimum absolute atomic E-state index is 0.0368. The number of aromatic nitrogens is 4. The van der Waals surface area contributed by atoms with Gasteiger partial charge in [-0.3, -0.25) is 0 Å². The van der Waals surface area contributed by atoms with E-state index >= 15 is 0 Å². The van der Waals surface area contributed by atoms with Crippen LogP contribution in [0.3, 0.4) is 0 Å². The van der Waals surface area contributed by atoms with Gasteiger partial charge in [-0.15, -0.1) is 0 Å². The average molecular weight is 515 g/mol. The maximum Gasteiger partial charge on any atom is 0.295 e. The fraction of sp³-hybridized carbons (Fsp3) is 0.250. The summed E-state index contributed by atoms with van der Waals surface area (Å²) in [5.74, 6) is 1.13. The fourth-order valence-corrected chi connectivity index (χ4v) is 5.30. The molecule has 2 aliphatic heterocycles. The largest absolute Gasteiger partial charge is 0.456 e. The van der Waals surface area contributed by atoms with Crippen LogP contribution in [0, 0.1) is 6.92 Å². The molecule has 0 aliphatic carbocycles. The Bertz CT molecular complexity index is 1580. The molecule has 1 unspecified atom stereocenters. The number of nitrogens with one attached hydrogen (secondary N) is 1. The van der Waals surface area contributed by atoms with E-state index in [4.69, 9.17) is 30.3 Å². The van der Waals surface area contributed by atoms with Gasteiger partial charge in [-0.1, -0.05) is 65.3 Å². The van der Waals surface area contributed by atoms with E-state index in [1.165, 1.54) is 0 Å². The molecule has 0 amide bonds. The highest BCUT2D eigenvalue weighted by Crippen LogP contribution is 2.35. The number of hydrogen-bond donors (Lipinski definition) is 1. The minimum atomic E-state index is -0.166. The third-order valence-electron chi connectivity index (χ3n) is 6.93. The number of imidazole rings is 1. The lowest BCUT2D eigenvalue weighted by Crippen LogP contribution is -2.32. The number of aromatic amines is 1. The van der Waals surface area contributed by atoms with Gasteiger partial charge < -0.3 is 23.7 Å². The Balaban J connectivity index is 1.11. The summed E-state index contributed by atoms with van der Waals surface area (Å²) in [5, 5.41) is 4.62. The molecule has 2 aromatic heterocycles. The smallest absolute Gasteiger partial charge is 0.295 e. The van der Waals surface area contributed by atoms with Gasteiger partial charge in [0.2, 0.25) is 11.7 Å². The van der Waals surface area contributed by atoms with Gasteiger partial charge in [0, 0.05) is 24.7 Å². The lowest BCUT2D eigenvalue weighted by molar-refractivity contribution is 0.0273. The van der Waals surface area contributed by atoms with E-state index in [1.54, 1.807) is 6.92 Å². The molecular formula is C28H23ClN4O4. The average Bonchev–Trinajstić information content (AvgIpc) is 3.70. The number of halogens is 1. The van der Waals surface area contributed by atoms with E-state index < -0.39 is 0 Å². The molecule has 5 aromatic rings. The summed E-state index contributed by atoms with van der Waals surface area (Å²) in [6, 6.07) is 20.7. The number of fused-ring (bicyclic) bond motifs is 2. The van der Waals surface area contributed by atoms with Crippen LogP contribution >= 0.6 is 11.6 Å². The Kier molecular flexibility index (Phi) is 5.46. The van der Waals surface area contributed by atoms with Gasteiger partial charge in [0.05, 0.1) is 28.8 Å². The molecular weight excluding hydrogens is 492 g/mol. The number of benzene rings is 3. The van der Waals surface area contributed by atoms with Crippen LogP contribution in [-0.2, 0) is 9.47 Å². The van der Waals surface area contributed by atoms with Crippen LogP contribution < -0.4 is 4.74 Å². The molecule has 0 spiro atoms. The van der Waals surface area contributed by atoms with Crippen molar-refractivity contribution in [2.24, 2.45) is 0 Å². The van der Waals surface area contributed by atoms with Gasteiger partial charge in [0.15, 0.2) is 6.10 Å². The first-order chi connectivity index (χ1) is 18.1. The van der Waals surface area contributed by atoms with Crippen molar-refractivity contribution in [3.8, 4) is 39.7 Å². The zero-order chi connectivity index (χ0) is 24.9. The predicted molar refractivity (Wildman–Crippen MR) is 139 cm³/mol. The van der Waals surface area contributed by atoms with Crippen LogP contribution in [0.1, 0.15) is 12.3 Å². The highest BCUT2D eigenvalue weighted by atomic mass is 35.5. The highest BCUT2D eigenvalue weighted by Gasteiger charge is 2.43. The monoisotopic (exact) mass is 514 g/mol. The SMILES string of the molecule is Cc1nc(-c2ccc(-c3ccc(-c4cc5nc(OC6CO[C@@H]7CCO[C@H]67)[nH]c5cc4Cl)cc3)cc2)no1. The number of aryl methyl sites for hydroxylation is 1. The number of rotatable bonds is 5. The van der Waals surface area contributed by atoms with Crippen molar-refractivity contribution >= 4 is 22.6 Å². The van der Waals surface area contributed by atoms with E-state index in [0.717, 1.165) is 45.3 Å². The van der Waals surface area contributed by atoms with Crippen LogP contribution in [0.2, 0.25) is 5.02 Å². The summed E-state index contributed by atoms with van der Waals surface area (Å²) in [7, 11) is 0. The van der Waals surface area contributed by atoms with Gasteiger partial charge in [-0.05, 0) is 35.2 Å². The van der Waals surface area contributed by atoms with Gasteiger partial charge >= 0.3 is 0 Å². The Morgan fingerprint density at radius 1 is 0.919 bits per heavy atom. The van der Waals surface area contributed by atoms with E-state index in [2.05, 4.69) is 56.5 Å². The van der Waals surface area contributed by atoms with Gasteiger partial charge in [0.25, 0.3) is 6.01 Å². The second-order valence-corrected chi connectivity index (χ2v) is 9.74. The first-order valence-corrected chi connectivity index (χ1v) is 12.6. The van der Waals surface area contributed by atoms with E-state index in [0.29, 0.717) is 36.0 Å². The number of H-pyrrole nitrogens is 1. The van der Waals surface area contributed by atoms with Crippen LogP contribution in [0.4, 0.5) is 0 Å². The quantitative estimate of drug-likeness (QED) is 0.314. The summed E-state index contributed by atoms with van der Waals surface area (Å²) in [6.45, 7) is 2.99. The van der Waals surface area contributed by atoms with Crippen LogP contribution in [0.15, 0.2) is 65.2 Å². The molecule has 2 saturated heterocycles. The van der Waals surface area contributed by atoms with Crippen LogP contribution in [0.5, 0.6) is 6.01 Å². The van der Waals surface area contributed by atoms with Crippen molar-refractivity contribution in [2.75, 3.05) is 13.2 Å². The van der Waals surface area contributed by atoms with Crippen molar-refractivity contribution in [1.29, 1.82) is 0 Å². The lowest BCUT2D eigenvalue weighted by atomic mass is 9.99. The summed E-state index contributed by atoms with van der Waals surface area (Å²) < 4.78 is 22.7. The molecule has 3 atom stereocenters. The van der Waals surface area contributed by atoms with E-state index in [9.17, 15) is 0 Å². The first kappa shape index (κ1) is 22.5. The second-order valence-electron chi connectivity index (χ2n) is 9.34. The predicted octanol–water partition coefficient (Wildman–Crippen LogP) is 5.84. The minimum Gasteiger partial charge on any atom is -0.456 e. The third kappa shape index (κ3) is 4.17. The van der Waals surface area contributed by atoms with Crippen molar-refractivity contribution in [1.82, 2.24) is 20.1 Å². The van der Waals surface area contributed by atoms with E-state index in [-0.39, 0.29) is 18.3 Å². The lowest BCUT2D eigenvalue weighted by Gasteiger charge is -2.15. The van der Waals surface area contributed by atoms with Crippen LogP contribution in [-0.4, -0.2) is 51.6 Å². The molecule has 9 heteroatoms. The molecule has 0 bridgehead atoms. The Labute approximate surface area is 217 Å². The Morgan fingerprint density at radius 3 is 2.38 bits per heavy atom. The molecule has 186 valence electrons. The van der Waals surface area contributed by atoms with Crippen molar-refractivity contribution in [3.63, 3.8) is 0 Å². The molecule has 1 N–H and O–H groups in total. The number of ether oxygens (including phenoxy) is 3. The zero-order valence-electron chi connectivity index (χ0n) is 20.0. The molecule has 37 heavy (non-hydrogen) atoms. The second kappa shape index (κ2) is 8.99. The van der Waals surface area contributed by atoms with Gasteiger partial charge in [-0.2, -0.15) is 9.97 Å². The van der Waals surface area contributed by atoms with Crippen molar-refractivity contribution in [2.45, 2.75) is 31.7 Å². The molecule has 4 heterocycles. The summed E-state index contributed by atoms with van der Waals surface area (Å²) in [6.07, 6.45) is 0.825. The molecule has 8 nitrogen and oxygen atoms in total. The van der Waals surface area contributed by atoms with Gasteiger partial charge in [-0.25, -0.2) is 0 Å². The van der Waals surface area contributed by atoms with Crippen molar-refractivity contribution in [3.05, 3.63) is 71.6 Å². The fourth-order valence-electron chi connectivity index (χ4n) is 5.03. The molecule has 0 saturated carbocycles. The first-order valence-electron chi connectivity index (χ1n) is 12.2. The normalized spacial score (nSPS) is 21.0. The van der Waals surface area contributed by atoms with Gasteiger partial charge in [0.1, 0.15) is 6.10 Å². The molecule has 2 fully saturated rings. The molecule has 3 aromatic carbocycles. The zero-order valence-corrected chi connectivity index (χ0v) is 20.7. The topological polar surface area (TPSA) is 95.3 Å². The maximum absolute atomic E-state index is 6.68. The summed E-state index contributed by atoms with van der Waals surface area (Å²) >= 11 is 6.68. The van der Waals surface area contributed by atoms with Crippen LogP contribution in [0.25, 0.3) is 44.7 Å². The number of hydrogen-bond acceptors (Lipinski definition) is 7. The Morgan fingerprint density at radius 2 is 1.65 bits per heavy atom. The highest BCUT2D eigenvalue weighted by molar-refractivity contribution is 6.34. The molecule has 2 aliphatic rings. The Hall–Kier alpha value is -3.72. The van der Waals surface area contributed by atoms with Crippen molar-refractivity contribution < 1.29 is 18.7 Å². The third-order valence-corrected chi connectivity index (χ3v) is 7.24. The molecule has 0 radical (unpaired) electrons.